The average molecular weight is 209 g/mol. The number of rotatable bonds is 3. The summed E-state index contributed by atoms with van der Waals surface area (Å²) in [5.41, 5.74) is 2.00. The van der Waals surface area contributed by atoms with Crippen molar-refractivity contribution in [3.8, 4) is 0 Å². The van der Waals surface area contributed by atoms with Gasteiger partial charge < -0.3 is 5.32 Å². The summed E-state index contributed by atoms with van der Waals surface area (Å²) in [6, 6.07) is 14.5. The summed E-state index contributed by atoms with van der Waals surface area (Å²) in [7, 11) is 0. The standard InChI is InChI=1S/C15H15N/c1-3-7-12(2)16-15-11-6-9-13-8-4-5-10-14(13)15/h3-11,16H,2H2,1H3/b7-3-. The predicted molar refractivity (Wildman–Crippen MR) is 71.5 cm³/mol. The van der Waals surface area contributed by atoms with Crippen LogP contribution in [-0.4, -0.2) is 0 Å². The monoisotopic (exact) mass is 209 g/mol. The zero-order valence-electron chi connectivity index (χ0n) is 9.40. The lowest BCUT2D eigenvalue weighted by Crippen LogP contribution is -1.95. The number of hydrogen-bond acceptors (Lipinski definition) is 1. The van der Waals surface area contributed by atoms with Crippen molar-refractivity contribution in [2.24, 2.45) is 0 Å². The van der Waals surface area contributed by atoms with Crippen molar-refractivity contribution in [2.45, 2.75) is 6.92 Å². The van der Waals surface area contributed by atoms with Crippen LogP contribution in [-0.2, 0) is 0 Å². The van der Waals surface area contributed by atoms with Gasteiger partial charge in [0.15, 0.2) is 0 Å². The highest BCUT2D eigenvalue weighted by atomic mass is 14.9. The van der Waals surface area contributed by atoms with E-state index in [4.69, 9.17) is 0 Å². The molecule has 1 heteroatoms. The van der Waals surface area contributed by atoms with E-state index in [1.165, 1.54) is 10.8 Å². The first kappa shape index (κ1) is 10.5. The Labute approximate surface area is 96.1 Å². The van der Waals surface area contributed by atoms with E-state index < -0.39 is 0 Å². The van der Waals surface area contributed by atoms with Gasteiger partial charge in [-0.25, -0.2) is 0 Å². The Morgan fingerprint density at radius 2 is 1.88 bits per heavy atom. The lowest BCUT2D eigenvalue weighted by molar-refractivity contribution is 1.50. The van der Waals surface area contributed by atoms with E-state index in [0.29, 0.717) is 0 Å². The number of hydrogen-bond donors (Lipinski definition) is 1. The number of benzene rings is 2. The molecule has 0 amide bonds. The Morgan fingerprint density at radius 3 is 2.69 bits per heavy atom. The van der Waals surface area contributed by atoms with Gasteiger partial charge in [0.05, 0.1) is 0 Å². The van der Waals surface area contributed by atoms with Crippen LogP contribution in [0.3, 0.4) is 0 Å². The number of nitrogens with one attached hydrogen (secondary N) is 1. The normalized spacial score (nSPS) is 10.8. The third-order valence-electron chi connectivity index (χ3n) is 2.45. The molecule has 1 N–H and O–H groups in total. The molecule has 0 saturated heterocycles. The number of allylic oxidation sites excluding steroid dienone is 2. The van der Waals surface area contributed by atoms with E-state index in [9.17, 15) is 0 Å². The first-order valence-electron chi connectivity index (χ1n) is 5.37. The molecule has 0 atom stereocenters. The van der Waals surface area contributed by atoms with Crippen molar-refractivity contribution in [2.75, 3.05) is 5.32 Å². The first-order valence-corrected chi connectivity index (χ1v) is 5.37. The highest BCUT2D eigenvalue weighted by molar-refractivity contribution is 5.94. The Kier molecular flexibility index (Phi) is 3.06. The summed E-state index contributed by atoms with van der Waals surface area (Å²) in [5, 5.41) is 5.76. The molecule has 0 aliphatic carbocycles. The van der Waals surface area contributed by atoms with Crippen molar-refractivity contribution in [3.63, 3.8) is 0 Å². The highest BCUT2D eigenvalue weighted by Crippen LogP contribution is 2.23. The van der Waals surface area contributed by atoms with E-state index >= 15 is 0 Å². The van der Waals surface area contributed by atoms with Gasteiger partial charge in [-0.3, -0.25) is 0 Å². The minimum atomic E-state index is 0.902. The van der Waals surface area contributed by atoms with E-state index in [1.807, 2.05) is 37.3 Å². The molecule has 2 aromatic carbocycles. The van der Waals surface area contributed by atoms with Crippen molar-refractivity contribution in [1.82, 2.24) is 0 Å². The zero-order chi connectivity index (χ0) is 11.4. The van der Waals surface area contributed by atoms with Crippen LogP contribution in [0.4, 0.5) is 5.69 Å². The van der Waals surface area contributed by atoms with Gasteiger partial charge in [-0.2, -0.15) is 0 Å². The topological polar surface area (TPSA) is 12.0 Å². The number of fused-ring (bicyclic) bond motifs is 1. The first-order chi connectivity index (χ1) is 7.81. The van der Waals surface area contributed by atoms with Crippen molar-refractivity contribution < 1.29 is 0 Å². The average Bonchev–Trinajstić information content (AvgIpc) is 2.30. The molecule has 0 radical (unpaired) electrons. The van der Waals surface area contributed by atoms with Gasteiger partial charge >= 0.3 is 0 Å². The minimum Gasteiger partial charge on any atom is -0.356 e. The lowest BCUT2D eigenvalue weighted by Gasteiger charge is -2.09. The number of anilines is 1. The van der Waals surface area contributed by atoms with Crippen LogP contribution in [0.5, 0.6) is 0 Å². The van der Waals surface area contributed by atoms with Crippen LogP contribution in [0.15, 0.2) is 66.9 Å². The highest BCUT2D eigenvalue weighted by Gasteiger charge is 1.99. The molecule has 0 spiro atoms. The van der Waals surface area contributed by atoms with E-state index in [1.54, 1.807) is 0 Å². The Hall–Kier alpha value is -2.02. The molecule has 0 saturated carbocycles. The second-order valence-electron chi connectivity index (χ2n) is 3.68. The predicted octanol–water partition coefficient (Wildman–Crippen LogP) is 4.34. The molecule has 2 aromatic rings. The smallest absolute Gasteiger partial charge is 0.0463 e. The summed E-state index contributed by atoms with van der Waals surface area (Å²) < 4.78 is 0. The molecule has 0 bridgehead atoms. The third kappa shape index (κ3) is 2.14. The molecule has 16 heavy (non-hydrogen) atoms. The van der Waals surface area contributed by atoms with Gasteiger partial charge in [0.25, 0.3) is 0 Å². The van der Waals surface area contributed by atoms with Crippen LogP contribution >= 0.6 is 0 Å². The lowest BCUT2D eigenvalue weighted by atomic mass is 10.1. The largest absolute Gasteiger partial charge is 0.356 e. The maximum Gasteiger partial charge on any atom is 0.0463 e. The second-order valence-corrected chi connectivity index (χ2v) is 3.68. The fraction of sp³-hybridized carbons (Fsp3) is 0.0667. The van der Waals surface area contributed by atoms with Crippen molar-refractivity contribution >= 4 is 16.5 Å². The SMILES string of the molecule is C=C(/C=C\C)Nc1cccc2ccccc12. The molecular weight excluding hydrogens is 194 g/mol. The van der Waals surface area contributed by atoms with E-state index in [2.05, 4.69) is 36.2 Å². The quantitative estimate of drug-likeness (QED) is 0.741. The van der Waals surface area contributed by atoms with Gasteiger partial charge in [-0.05, 0) is 24.5 Å². The summed E-state index contributed by atoms with van der Waals surface area (Å²) in [4.78, 5) is 0. The summed E-state index contributed by atoms with van der Waals surface area (Å²) in [6.45, 7) is 5.93. The third-order valence-corrected chi connectivity index (χ3v) is 2.45. The van der Waals surface area contributed by atoms with Gasteiger partial charge in [0.1, 0.15) is 0 Å². The van der Waals surface area contributed by atoms with Crippen molar-refractivity contribution in [1.29, 1.82) is 0 Å². The van der Waals surface area contributed by atoms with Crippen molar-refractivity contribution in [3.05, 3.63) is 66.9 Å². The summed E-state index contributed by atoms with van der Waals surface area (Å²) >= 11 is 0. The van der Waals surface area contributed by atoms with Crippen LogP contribution < -0.4 is 5.32 Å². The van der Waals surface area contributed by atoms with E-state index in [-0.39, 0.29) is 0 Å². The fourth-order valence-electron chi connectivity index (χ4n) is 1.75. The molecular formula is C15H15N. The molecule has 2 rings (SSSR count). The van der Waals surface area contributed by atoms with Crippen LogP contribution in [0.1, 0.15) is 6.92 Å². The molecule has 0 aliphatic heterocycles. The van der Waals surface area contributed by atoms with E-state index in [0.717, 1.165) is 11.4 Å². The summed E-state index contributed by atoms with van der Waals surface area (Å²) in [5.74, 6) is 0. The fourth-order valence-corrected chi connectivity index (χ4v) is 1.75. The molecule has 0 unspecified atom stereocenters. The maximum absolute atomic E-state index is 3.95. The Bertz CT molecular complexity index is 533. The molecule has 1 nitrogen and oxygen atoms in total. The van der Waals surface area contributed by atoms with Gasteiger partial charge in [-0.1, -0.05) is 49.1 Å². The molecule has 80 valence electrons. The van der Waals surface area contributed by atoms with Crippen LogP contribution in [0.25, 0.3) is 10.8 Å². The molecule has 0 aromatic heterocycles. The molecule has 0 fully saturated rings. The second kappa shape index (κ2) is 4.67. The van der Waals surface area contributed by atoms with Gasteiger partial charge in [0.2, 0.25) is 0 Å². The minimum absolute atomic E-state index is 0.902. The Morgan fingerprint density at radius 1 is 1.12 bits per heavy atom. The van der Waals surface area contributed by atoms with Crippen LogP contribution in [0.2, 0.25) is 0 Å². The molecule has 0 heterocycles. The summed E-state index contributed by atoms with van der Waals surface area (Å²) in [6.07, 6.45) is 3.93. The molecule has 0 aliphatic rings. The zero-order valence-corrected chi connectivity index (χ0v) is 9.40. The Balaban J connectivity index is 2.41. The van der Waals surface area contributed by atoms with Crippen LogP contribution in [0, 0.1) is 0 Å². The maximum atomic E-state index is 3.95. The van der Waals surface area contributed by atoms with Gasteiger partial charge in [0, 0.05) is 16.8 Å². The van der Waals surface area contributed by atoms with Gasteiger partial charge in [-0.15, -0.1) is 0 Å².